The molecule has 0 aliphatic heterocycles. The Labute approximate surface area is 98.1 Å². The van der Waals surface area contributed by atoms with Crippen LogP contribution >= 0.6 is 0 Å². The van der Waals surface area contributed by atoms with Gasteiger partial charge in [-0.05, 0) is 12.5 Å². The van der Waals surface area contributed by atoms with Crippen molar-refractivity contribution in [3.63, 3.8) is 0 Å². The maximum atomic E-state index is 11.4. The van der Waals surface area contributed by atoms with Gasteiger partial charge in [-0.15, -0.1) is 0 Å². The molecule has 0 fully saturated rings. The molecule has 0 heterocycles. The van der Waals surface area contributed by atoms with Gasteiger partial charge < -0.3 is 15.2 Å². The number of aliphatic hydroxyl groups excluding tert-OH is 1. The van der Waals surface area contributed by atoms with E-state index in [9.17, 15) is 13.5 Å². The van der Waals surface area contributed by atoms with Gasteiger partial charge in [0.05, 0.1) is 24.2 Å². The van der Waals surface area contributed by atoms with Crippen LogP contribution in [0.2, 0.25) is 0 Å². The van der Waals surface area contributed by atoms with Crippen LogP contribution in [-0.2, 0) is 14.6 Å². The van der Waals surface area contributed by atoms with Crippen LogP contribution in [0.1, 0.15) is 13.8 Å². The van der Waals surface area contributed by atoms with Crippen LogP contribution in [0.25, 0.3) is 0 Å². The zero-order valence-corrected chi connectivity index (χ0v) is 11.1. The number of hydrogen-bond acceptors (Lipinski definition) is 5. The van der Waals surface area contributed by atoms with Gasteiger partial charge in [0.2, 0.25) is 0 Å². The van der Waals surface area contributed by atoms with Gasteiger partial charge in [0.25, 0.3) is 0 Å². The van der Waals surface area contributed by atoms with Crippen molar-refractivity contribution in [2.24, 2.45) is 5.92 Å². The Morgan fingerprint density at radius 1 is 1.31 bits per heavy atom. The number of rotatable bonds is 9. The first kappa shape index (κ1) is 15.8. The van der Waals surface area contributed by atoms with Gasteiger partial charge in [-0.3, -0.25) is 0 Å². The Kier molecular flexibility index (Phi) is 7.91. The highest BCUT2D eigenvalue weighted by Crippen LogP contribution is 1.96. The Balaban J connectivity index is 3.81. The van der Waals surface area contributed by atoms with Gasteiger partial charge in [0.1, 0.15) is 0 Å². The molecule has 0 aromatic carbocycles. The highest BCUT2D eigenvalue weighted by atomic mass is 32.2. The van der Waals surface area contributed by atoms with Crippen molar-refractivity contribution in [2.75, 3.05) is 38.3 Å². The first-order chi connectivity index (χ1) is 7.37. The lowest BCUT2D eigenvalue weighted by atomic mass is 10.2. The summed E-state index contributed by atoms with van der Waals surface area (Å²) in [5.41, 5.74) is 0. The van der Waals surface area contributed by atoms with Crippen LogP contribution in [0.3, 0.4) is 0 Å². The normalized spacial score (nSPS) is 14.3. The summed E-state index contributed by atoms with van der Waals surface area (Å²) in [6, 6.07) is 0. The van der Waals surface area contributed by atoms with E-state index < -0.39 is 15.9 Å². The van der Waals surface area contributed by atoms with E-state index in [4.69, 9.17) is 4.74 Å². The molecule has 0 saturated heterocycles. The molecule has 1 unspecified atom stereocenters. The Morgan fingerprint density at radius 2 is 1.94 bits per heavy atom. The lowest BCUT2D eigenvalue weighted by Gasteiger charge is -2.13. The molecule has 98 valence electrons. The summed E-state index contributed by atoms with van der Waals surface area (Å²) in [5.74, 6) is 0.240. The first-order valence-corrected chi connectivity index (χ1v) is 7.27. The summed E-state index contributed by atoms with van der Waals surface area (Å²) >= 11 is 0. The highest BCUT2D eigenvalue weighted by Gasteiger charge is 2.16. The second kappa shape index (κ2) is 8.00. The molecule has 1 atom stereocenters. The monoisotopic (exact) mass is 253 g/mol. The summed E-state index contributed by atoms with van der Waals surface area (Å²) in [4.78, 5) is 0. The third-order valence-electron chi connectivity index (χ3n) is 1.98. The SMILES string of the molecule is COCCS(=O)(=O)CC(O)CNCC(C)C. The van der Waals surface area contributed by atoms with E-state index >= 15 is 0 Å². The summed E-state index contributed by atoms with van der Waals surface area (Å²) in [6.07, 6.45) is -0.847. The Hall–Kier alpha value is -0.170. The highest BCUT2D eigenvalue weighted by molar-refractivity contribution is 7.91. The molecule has 0 bridgehead atoms. The van der Waals surface area contributed by atoms with Crippen LogP contribution in [0, 0.1) is 5.92 Å². The van der Waals surface area contributed by atoms with Crippen molar-refractivity contribution < 1.29 is 18.3 Å². The Bertz CT molecular complexity index is 264. The molecule has 0 aliphatic rings. The molecule has 0 aliphatic carbocycles. The predicted molar refractivity (Wildman–Crippen MR) is 64.2 cm³/mol. The average Bonchev–Trinajstić information content (AvgIpc) is 2.13. The number of ether oxygens (including phenoxy) is 1. The van der Waals surface area contributed by atoms with Crippen molar-refractivity contribution in [2.45, 2.75) is 20.0 Å². The molecule has 0 saturated carbocycles. The second-order valence-corrected chi connectivity index (χ2v) is 6.54. The number of methoxy groups -OCH3 is 1. The number of sulfone groups is 1. The van der Waals surface area contributed by atoms with E-state index in [1.165, 1.54) is 7.11 Å². The fourth-order valence-corrected chi connectivity index (χ4v) is 2.48. The second-order valence-electron chi connectivity index (χ2n) is 4.31. The largest absolute Gasteiger partial charge is 0.391 e. The smallest absolute Gasteiger partial charge is 0.155 e. The number of aliphatic hydroxyl groups is 1. The molecule has 0 aromatic heterocycles. The number of hydrogen-bond donors (Lipinski definition) is 2. The molecule has 0 aromatic rings. The minimum absolute atomic E-state index is 0.0370. The molecule has 0 radical (unpaired) electrons. The molecular formula is C10H23NO4S. The van der Waals surface area contributed by atoms with Crippen LogP contribution in [0.4, 0.5) is 0 Å². The average molecular weight is 253 g/mol. The van der Waals surface area contributed by atoms with E-state index in [0.717, 1.165) is 6.54 Å². The lowest BCUT2D eigenvalue weighted by molar-refractivity contribution is 0.191. The fraction of sp³-hybridized carbons (Fsp3) is 1.00. The molecular weight excluding hydrogens is 230 g/mol. The van der Waals surface area contributed by atoms with Crippen molar-refractivity contribution in [3.8, 4) is 0 Å². The zero-order valence-electron chi connectivity index (χ0n) is 10.3. The maximum absolute atomic E-state index is 11.4. The Morgan fingerprint density at radius 3 is 2.44 bits per heavy atom. The predicted octanol–water partition coefficient (Wildman–Crippen LogP) is -0.346. The topological polar surface area (TPSA) is 75.6 Å². The maximum Gasteiger partial charge on any atom is 0.155 e. The minimum Gasteiger partial charge on any atom is -0.391 e. The zero-order chi connectivity index (χ0) is 12.6. The third kappa shape index (κ3) is 9.08. The minimum atomic E-state index is -3.21. The van der Waals surface area contributed by atoms with E-state index in [1.807, 2.05) is 0 Å². The molecule has 5 nitrogen and oxygen atoms in total. The fourth-order valence-electron chi connectivity index (χ4n) is 1.18. The van der Waals surface area contributed by atoms with Gasteiger partial charge in [-0.1, -0.05) is 13.8 Å². The van der Waals surface area contributed by atoms with Crippen molar-refractivity contribution in [1.82, 2.24) is 5.32 Å². The molecule has 6 heteroatoms. The standard InChI is InChI=1S/C10H23NO4S/c1-9(2)6-11-7-10(12)8-16(13,14)5-4-15-3/h9-12H,4-8H2,1-3H3. The van der Waals surface area contributed by atoms with E-state index in [1.54, 1.807) is 0 Å². The molecule has 0 amide bonds. The molecule has 16 heavy (non-hydrogen) atoms. The van der Waals surface area contributed by atoms with Crippen molar-refractivity contribution in [3.05, 3.63) is 0 Å². The molecule has 2 N–H and O–H groups in total. The summed E-state index contributed by atoms with van der Waals surface area (Å²) in [6.45, 7) is 5.36. The molecule has 0 spiro atoms. The molecule has 0 rings (SSSR count). The van der Waals surface area contributed by atoms with Crippen LogP contribution in [-0.4, -0.2) is 57.9 Å². The van der Waals surface area contributed by atoms with E-state index in [-0.39, 0.29) is 18.1 Å². The van der Waals surface area contributed by atoms with Gasteiger partial charge >= 0.3 is 0 Å². The van der Waals surface area contributed by atoms with Crippen LogP contribution < -0.4 is 5.32 Å². The summed E-state index contributed by atoms with van der Waals surface area (Å²) in [5, 5.41) is 12.5. The van der Waals surface area contributed by atoms with Gasteiger partial charge in [-0.25, -0.2) is 8.42 Å². The van der Waals surface area contributed by atoms with E-state index in [2.05, 4.69) is 19.2 Å². The third-order valence-corrected chi connectivity index (χ3v) is 3.66. The summed E-state index contributed by atoms with van der Waals surface area (Å²) in [7, 11) is -1.75. The first-order valence-electron chi connectivity index (χ1n) is 5.45. The lowest BCUT2D eigenvalue weighted by Crippen LogP contribution is -2.35. The quantitative estimate of drug-likeness (QED) is 0.587. The summed E-state index contributed by atoms with van der Waals surface area (Å²) < 4.78 is 27.6. The van der Waals surface area contributed by atoms with Crippen molar-refractivity contribution >= 4 is 9.84 Å². The van der Waals surface area contributed by atoms with Gasteiger partial charge in [0.15, 0.2) is 9.84 Å². The van der Waals surface area contributed by atoms with E-state index in [0.29, 0.717) is 12.5 Å². The van der Waals surface area contributed by atoms with Crippen LogP contribution in [0.15, 0.2) is 0 Å². The van der Waals surface area contributed by atoms with Crippen LogP contribution in [0.5, 0.6) is 0 Å². The van der Waals surface area contributed by atoms with Gasteiger partial charge in [-0.2, -0.15) is 0 Å². The number of nitrogens with one attached hydrogen (secondary N) is 1. The van der Waals surface area contributed by atoms with Crippen molar-refractivity contribution in [1.29, 1.82) is 0 Å². The van der Waals surface area contributed by atoms with Gasteiger partial charge in [0, 0.05) is 13.7 Å².